The van der Waals surface area contributed by atoms with Gasteiger partial charge in [0, 0.05) is 43.2 Å². The zero-order chi connectivity index (χ0) is 40.3. The Hall–Kier alpha value is -4.04. The van der Waals surface area contributed by atoms with E-state index in [9.17, 15) is 14.4 Å². The Morgan fingerprint density at radius 2 is 1.09 bits per heavy atom. The second-order valence-electron chi connectivity index (χ2n) is 15.1. The summed E-state index contributed by atoms with van der Waals surface area (Å²) < 4.78 is 13.8. The minimum absolute atomic E-state index is 0.146. The Bertz CT molecular complexity index is 1590. The number of anilines is 3. The molecule has 16 heteroatoms. The molecule has 0 aliphatic rings. The van der Waals surface area contributed by atoms with Gasteiger partial charge in [0.2, 0.25) is 0 Å². The van der Waals surface area contributed by atoms with Crippen molar-refractivity contribution in [1.82, 2.24) is 20.6 Å². The van der Waals surface area contributed by atoms with Crippen LogP contribution in [-0.2, 0) is 13.1 Å². The monoisotopic (exact) mass is 809 g/mol. The molecular weight excluding hydrogens is 747 g/mol. The highest BCUT2D eigenvalue weighted by Crippen LogP contribution is 2.26. The molecule has 0 saturated heterocycles. The topological polar surface area (TPSA) is 146 Å². The highest BCUT2D eigenvalue weighted by atomic mass is 28.5. The van der Waals surface area contributed by atoms with Gasteiger partial charge in [-0.25, -0.2) is 19.9 Å². The molecule has 55 heavy (non-hydrogen) atoms. The molecule has 0 spiro atoms. The predicted molar refractivity (Wildman–Crippen MR) is 230 cm³/mol. The van der Waals surface area contributed by atoms with Crippen LogP contribution >= 0.6 is 0 Å². The molecular formula is C39H63N7O6Si3. The predicted octanol–water partition coefficient (Wildman–Crippen LogP) is 8.69. The lowest BCUT2D eigenvalue weighted by Gasteiger charge is -2.39. The van der Waals surface area contributed by atoms with Crippen LogP contribution in [0.4, 0.5) is 31.4 Å². The highest BCUT2D eigenvalue weighted by molar-refractivity contribution is 6.87. The number of rotatable bonds is 22. The van der Waals surface area contributed by atoms with Gasteiger partial charge in [-0.1, -0.05) is 54.6 Å². The van der Waals surface area contributed by atoms with Crippen LogP contribution in [0.15, 0.2) is 91.0 Å². The molecule has 0 aliphatic carbocycles. The average molecular weight is 810 g/mol. The van der Waals surface area contributed by atoms with Crippen molar-refractivity contribution in [2.75, 3.05) is 48.7 Å². The summed E-state index contributed by atoms with van der Waals surface area (Å²) in [4.78, 5) is 48.3. The molecule has 0 saturated carbocycles. The van der Waals surface area contributed by atoms with Gasteiger partial charge in [-0.15, -0.1) is 0 Å². The van der Waals surface area contributed by atoms with E-state index in [0.29, 0.717) is 50.6 Å². The van der Waals surface area contributed by atoms with Crippen LogP contribution in [0.2, 0.25) is 51.4 Å². The summed E-state index contributed by atoms with van der Waals surface area (Å²) in [5, 5.41) is 11.7. The average Bonchev–Trinajstić information content (AvgIpc) is 3.11. The number of hydrogen-bond donors (Lipinski definition) is 5. The van der Waals surface area contributed by atoms with Gasteiger partial charge in [0.25, 0.3) is 0 Å². The van der Waals surface area contributed by atoms with Gasteiger partial charge in [0.05, 0.1) is 6.61 Å². The summed E-state index contributed by atoms with van der Waals surface area (Å²) >= 11 is 0. The largest absolute Gasteiger partial charge is 0.437 e. The lowest BCUT2D eigenvalue weighted by molar-refractivity contribution is 0.0472. The van der Waals surface area contributed by atoms with Crippen LogP contribution in [0.1, 0.15) is 26.7 Å². The third-order valence-electron chi connectivity index (χ3n) is 8.60. The molecule has 3 aromatic rings. The number of nitrogens with zero attached hydrogens (tertiary/aromatic N) is 2. The van der Waals surface area contributed by atoms with Crippen molar-refractivity contribution < 1.29 is 27.5 Å². The zero-order valence-corrected chi connectivity index (χ0v) is 36.9. The number of carbonyl (C=O) groups excluding carboxylic acids is 3. The van der Waals surface area contributed by atoms with E-state index in [1.165, 1.54) is 0 Å². The first-order chi connectivity index (χ1) is 26.1. The molecule has 0 aromatic heterocycles. The fraction of sp³-hybridized carbons (Fsp3) is 0.462. The molecule has 13 nitrogen and oxygen atoms in total. The summed E-state index contributed by atoms with van der Waals surface area (Å²) in [7, 11) is -6.94. The van der Waals surface area contributed by atoms with Crippen molar-refractivity contribution in [2.45, 2.75) is 84.2 Å². The standard InChI is InChI=1S/C39H63N7O6Si3/c1-9-50-40-27-30-45(38(48)43-35-23-15-11-16-24-35)28-19-31-53(3,4)51-55(7,8)52-54(5,6)32-20-29-46(39(49)44-36-25-17-12-18-26-36)33(2)41-37(47)42-34-21-13-10-14-22-34/h10-18,21-26,33,40H,9,19-20,27-32H2,1-8H3,(H,43,48)(H,44,49)(H2,41,42,47). The maximum Gasteiger partial charge on any atom is 0.323 e. The molecule has 1 unspecified atom stereocenters. The molecule has 3 aromatic carbocycles. The van der Waals surface area contributed by atoms with Gasteiger partial charge in [-0.2, -0.15) is 0 Å². The molecule has 1 atom stereocenters. The van der Waals surface area contributed by atoms with E-state index in [1.54, 1.807) is 24.0 Å². The molecule has 0 fully saturated rings. The highest BCUT2D eigenvalue weighted by Gasteiger charge is 2.39. The van der Waals surface area contributed by atoms with Crippen molar-refractivity contribution >= 4 is 60.4 Å². The molecule has 3 rings (SSSR count). The van der Waals surface area contributed by atoms with Gasteiger partial charge < -0.3 is 44.1 Å². The van der Waals surface area contributed by atoms with Crippen LogP contribution in [0.25, 0.3) is 0 Å². The Morgan fingerprint density at radius 3 is 1.58 bits per heavy atom. The second-order valence-corrected chi connectivity index (χ2v) is 27.5. The van der Waals surface area contributed by atoms with Crippen LogP contribution in [-0.4, -0.2) is 92.0 Å². The van der Waals surface area contributed by atoms with Crippen LogP contribution < -0.4 is 26.7 Å². The summed E-state index contributed by atoms with van der Waals surface area (Å²) in [5.41, 5.74) is 5.01. The van der Waals surface area contributed by atoms with Crippen molar-refractivity contribution in [3.8, 4) is 0 Å². The SMILES string of the molecule is CCONCCN(CCC[Si](C)(C)O[Si](C)(C)O[Si](C)(C)CCCN(C(=O)Nc1ccccc1)C(C)NC(=O)Nc1ccccc1)C(=O)Nc1ccccc1. The van der Waals surface area contributed by atoms with Crippen LogP contribution in [0.5, 0.6) is 0 Å². The van der Waals surface area contributed by atoms with Crippen molar-refractivity contribution in [1.29, 1.82) is 0 Å². The van der Waals surface area contributed by atoms with Crippen molar-refractivity contribution in [3.63, 3.8) is 0 Å². The van der Waals surface area contributed by atoms with E-state index in [1.807, 2.05) is 90.7 Å². The molecule has 0 bridgehead atoms. The molecule has 302 valence electrons. The normalized spacial score (nSPS) is 12.4. The van der Waals surface area contributed by atoms with Crippen LogP contribution in [0, 0.1) is 0 Å². The van der Waals surface area contributed by atoms with Crippen LogP contribution in [0.3, 0.4) is 0 Å². The number of nitrogens with one attached hydrogen (secondary N) is 5. The number of amides is 6. The number of carbonyl (C=O) groups is 3. The second kappa shape index (κ2) is 22.5. The third kappa shape index (κ3) is 18.0. The van der Waals surface area contributed by atoms with Gasteiger partial charge >= 0.3 is 26.7 Å². The quantitative estimate of drug-likeness (QED) is 0.0296. The maximum atomic E-state index is 13.5. The first-order valence-corrected chi connectivity index (χ1v) is 28.2. The Balaban J connectivity index is 1.55. The summed E-state index contributed by atoms with van der Waals surface area (Å²) in [6.45, 7) is 19.4. The van der Waals surface area contributed by atoms with Crippen molar-refractivity contribution in [2.24, 2.45) is 0 Å². The lowest BCUT2D eigenvalue weighted by Crippen LogP contribution is -2.53. The first kappa shape index (κ1) is 45.4. The first-order valence-electron chi connectivity index (χ1n) is 19.2. The minimum atomic E-state index is -2.54. The fourth-order valence-electron chi connectivity index (χ4n) is 6.36. The molecule has 0 aliphatic heterocycles. The van der Waals surface area contributed by atoms with Gasteiger partial charge in [-0.05, 0) is 114 Å². The van der Waals surface area contributed by atoms with E-state index in [-0.39, 0.29) is 12.1 Å². The minimum Gasteiger partial charge on any atom is -0.437 e. The van der Waals surface area contributed by atoms with E-state index in [4.69, 9.17) is 13.1 Å². The Morgan fingerprint density at radius 1 is 0.636 bits per heavy atom. The van der Waals surface area contributed by atoms with Gasteiger partial charge in [0.1, 0.15) is 6.17 Å². The Kier molecular flexibility index (Phi) is 18.6. The fourth-order valence-corrected chi connectivity index (χ4v) is 20.4. The van der Waals surface area contributed by atoms with E-state index in [0.717, 1.165) is 24.2 Å². The summed E-state index contributed by atoms with van der Waals surface area (Å²) in [5.74, 6) is 0. The summed E-state index contributed by atoms with van der Waals surface area (Å²) in [6, 6.07) is 28.8. The lowest BCUT2D eigenvalue weighted by atomic mass is 10.3. The number of benzene rings is 3. The zero-order valence-electron chi connectivity index (χ0n) is 33.9. The van der Waals surface area contributed by atoms with E-state index < -0.39 is 37.4 Å². The Labute approximate surface area is 331 Å². The molecule has 0 radical (unpaired) electrons. The molecule has 0 heterocycles. The third-order valence-corrected chi connectivity index (χ3v) is 20.1. The van der Waals surface area contributed by atoms with E-state index in [2.05, 4.69) is 66.0 Å². The molecule has 6 amide bonds. The van der Waals surface area contributed by atoms with Gasteiger partial charge in [0.15, 0.2) is 16.6 Å². The summed E-state index contributed by atoms with van der Waals surface area (Å²) in [6.07, 6.45) is 0.913. The number of hydroxylamine groups is 1. The van der Waals surface area contributed by atoms with Gasteiger partial charge in [-0.3, -0.25) is 0 Å². The number of para-hydroxylation sites is 3. The molecule has 5 N–H and O–H groups in total. The van der Waals surface area contributed by atoms with E-state index >= 15 is 0 Å². The number of urea groups is 3. The smallest absolute Gasteiger partial charge is 0.323 e. The number of hydrogen-bond acceptors (Lipinski definition) is 7. The maximum absolute atomic E-state index is 13.5. The van der Waals surface area contributed by atoms with Crippen molar-refractivity contribution in [3.05, 3.63) is 91.0 Å².